The summed E-state index contributed by atoms with van der Waals surface area (Å²) in [6, 6.07) is 2.88. The second-order valence-electron chi connectivity index (χ2n) is 4.30. The monoisotopic (exact) mass is 268 g/mol. The van der Waals surface area contributed by atoms with E-state index in [2.05, 4.69) is 39.3 Å². The predicted octanol–water partition coefficient (Wildman–Crippen LogP) is 2.77. The van der Waals surface area contributed by atoms with Crippen LogP contribution in [0.4, 0.5) is 0 Å². The van der Waals surface area contributed by atoms with Crippen molar-refractivity contribution in [2.75, 3.05) is 7.05 Å². The summed E-state index contributed by atoms with van der Waals surface area (Å²) >= 11 is 3.47. The van der Waals surface area contributed by atoms with Gasteiger partial charge in [-0.25, -0.2) is 0 Å². The second kappa shape index (κ2) is 5.08. The van der Waals surface area contributed by atoms with Crippen molar-refractivity contribution in [2.24, 2.45) is 5.92 Å². The minimum atomic E-state index is 0.698. The fourth-order valence-electron chi connectivity index (χ4n) is 2.53. The topological polar surface area (TPSA) is 24.9 Å². The highest BCUT2D eigenvalue weighted by Gasteiger charge is 2.25. The van der Waals surface area contributed by atoms with Gasteiger partial charge >= 0.3 is 0 Å². The van der Waals surface area contributed by atoms with Gasteiger partial charge in [0.2, 0.25) is 0 Å². The number of rotatable bonds is 3. The molecule has 1 fully saturated rings. The van der Waals surface area contributed by atoms with Crippen molar-refractivity contribution in [2.45, 2.75) is 31.7 Å². The van der Waals surface area contributed by atoms with Gasteiger partial charge in [-0.3, -0.25) is 4.98 Å². The maximum absolute atomic E-state index is 4.21. The van der Waals surface area contributed by atoms with E-state index >= 15 is 0 Å². The predicted molar refractivity (Wildman–Crippen MR) is 65.8 cm³/mol. The Labute approximate surface area is 99.6 Å². The van der Waals surface area contributed by atoms with Crippen LogP contribution in [0.2, 0.25) is 0 Å². The lowest BCUT2D eigenvalue weighted by Crippen LogP contribution is -2.30. The first-order valence-electron chi connectivity index (χ1n) is 5.56. The Morgan fingerprint density at radius 2 is 2.33 bits per heavy atom. The average Bonchev–Trinajstić information content (AvgIpc) is 2.65. The maximum Gasteiger partial charge on any atom is 0.0410 e. The molecule has 3 heteroatoms. The highest BCUT2D eigenvalue weighted by molar-refractivity contribution is 9.10. The molecule has 1 aliphatic rings. The SMILES string of the molecule is CNC1CCCC1Cc1cncc(Br)c1. The van der Waals surface area contributed by atoms with Gasteiger partial charge < -0.3 is 5.32 Å². The van der Waals surface area contributed by atoms with E-state index in [9.17, 15) is 0 Å². The van der Waals surface area contributed by atoms with Gasteiger partial charge in [0, 0.05) is 22.9 Å². The lowest BCUT2D eigenvalue weighted by Gasteiger charge is -2.18. The average molecular weight is 269 g/mol. The summed E-state index contributed by atoms with van der Waals surface area (Å²) < 4.78 is 1.08. The summed E-state index contributed by atoms with van der Waals surface area (Å²) in [7, 11) is 2.07. The molecule has 2 atom stereocenters. The first-order chi connectivity index (χ1) is 7.29. The normalized spacial score (nSPS) is 25.7. The maximum atomic E-state index is 4.21. The molecular formula is C12H17BrN2. The summed E-state index contributed by atoms with van der Waals surface area (Å²) in [5, 5.41) is 3.42. The molecule has 0 aromatic carbocycles. The van der Waals surface area contributed by atoms with Crippen molar-refractivity contribution in [1.29, 1.82) is 0 Å². The van der Waals surface area contributed by atoms with Gasteiger partial charge in [-0.2, -0.15) is 0 Å². The molecule has 0 aliphatic heterocycles. The molecule has 0 bridgehead atoms. The van der Waals surface area contributed by atoms with Crippen molar-refractivity contribution < 1.29 is 0 Å². The van der Waals surface area contributed by atoms with E-state index in [1.807, 2.05) is 12.4 Å². The largest absolute Gasteiger partial charge is 0.317 e. The molecule has 1 aromatic heterocycles. The quantitative estimate of drug-likeness (QED) is 0.912. The van der Waals surface area contributed by atoms with Crippen LogP contribution in [0.25, 0.3) is 0 Å². The Bertz CT molecular complexity index is 327. The Kier molecular flexibility index (Phi) is 3.76. The number of aromatic nitrogens is 1. The third-order valence-corrected chi connectivity index (χ3v) is 3.72. The van der Waals surface area contributed by atoms with Gasteiger partial charge in [0.15, 0.2) is 0 Å². The van der Waals surface area contributed by atoms with E-state index in [1.165, 1.54) is 24.8 Å². The van der Waals surface area contributed by atoms with Crippen LogP contribution in [0.5, 0.6) is 0 Å². The highest BCUT2D eigenvalue weighted by Crippen LogP contribution is 2.28. The zero-order valence-electron chi connectivity index (χ0n) is 9.04. The number of halogens is 1. The van der Waals surface area contributed by atoms with Crippen LogP contribution in [0.15, 0.2) is 22.9 Å². The highest BCUT2D eigenvalue weighted by atomic mass is 79.9. The summed E-state index contributed by atoms with van der Waals surface area (Å²) in [5.41, 5.74) is 1.34. The van der Waals surface area contributed by atoms with E-state index in [4.69, 9.17) is 0 Å². The molecule has 1 aliphatic carbocycles. The van der Waals surface area contributed by atoms with Crippen LogP contribution >= 0.6 is 15.9 Å². The Morgan fingerprint density at radius 3 is 3.07 bits per heavy atom. The minimum absolute atomic E-state index is 0.698. The van der Waals surface area contributed by atoms with Crippen LogP contribution in [0, 0.1) is 5.92 Å². The molecule has 0 saturated heterocycles. The third kappa shape index (κ3) is 2.79. The van der Waals surface area contributed by atoms with Crippen molar-refractivity contribution in [3.05, 3.63) is 28.5 Å². The fraction of sp³-hybridized carbons (Fsp3) is 0.583. The van der Waals surface area contributed by atoms with Gasteiger partial charge in [0.1, 0.15) is 0 Å². The standard InChI is InChI=1S/C12H17BrN2/c1-14-12-4-2-3-10(12)5-9-6-11(13)8-15-7-9/h6-8,10,12,14H,2-5H2,1H3. The van der Waals surface area contributed by atoms with E-state index in [-0.39, 0.29) is 0 Å². The van der Waals surface area contributed by atoms with E-state index in [1.54, 1.807) is 0 Å². The molecule has 0 radical (unpaired) electrons. The number of hydrogen-bond donors (Lipinski definition) is 1. The van der Waals surface area contributed by atoms with Gasteiger partial charge in [-0.05, 0) is 59.8 Å². The Hall–Kier alpha value is -0.410. The number of pyridine rings is 1. The Balaban J connectivity index is 2.02. The molecule has 1 aromatic rings. The van der Waals surface area contributed by atoms with Crippen LogP contribution in [-0.4, -0.2) is 18.1 Å². The number of nitrogens with one attached hydrogen (secondary N) is 1. The lowest BCUT2D eigenvalue weighted by molar-refractivity contribution is 0.423. The first kappa shape index (κ1) is 11.1. The fourth-order valence-corrected chi connectivity index (χ4v) is 2.94. The van der Waals surface area contributed by atoms with E-state index in [0.717, 1.165) is 16.8 Å². The molecule has 0 spiro atoms. The van der Waals surface area contributed by atoms with Crippen molar-refractivity contribution in [3.63, 3.8) is 0 Å². The van der Waals surface area contributed by atoms with Gasteiger partial charge in [0.25, 0.3) is 0 Å². The molecule has 2 rings (SSSR count). The van der Waals surface area contributed by atoms with Crippen LogP contribution in [0.1, 0.15) is 24.8 Å². The van der Waals surface area contributed by atoms with Gasteiger partial charge in [-0.1, -0.05) is 6.42 Å². The lowest BCUT2D eigenvalue weighted by atomic mass is 9.96. The van der Waals surface area contributed by atoms with Crippen molar-refractivity contribution in [1.82, 2.24) is 10.3 Å². The molecule has 0 amide bonds. The zero-order valence-corrected chi connectivity index (χ0v) is 10.6. The minimum Gasteiger partial charge on any atom is -0.317 e. The van der Waals surface area contributed by atoms with Crippen LogP contribution in [-0.2, 0) is 6.42 Å². The molecular weight excluding hydrogens is 252 g/mol. The van der Waals surface area contributed by atoms with Crippen molar-refractivity contribution in [3.8, 4) is 0 Å². The molecule has 15 heavy (non-hydrogen) atoms. The number of hydrogen-bond acceptors (Lipinski definition) is 2. The summed E-state index contributed by atoms with van der Waals surface area (Å²) in [5.74, 6) is 0.783. The molecule has 2 unspecified atom stereocenters. The van der Waals surface area contributed by atoms with Gasteiger partial charge in [0.05, 0.1) is 0 Å². The van der Waals surface area contributed by atoms with E-state index in [0.29, 0.717) is 6.04 Å². The van der Waals surface area contributed by atoms with Crippen molar-refractivity contribution >= 4 is 15.9 Å². The zero-order chi connectivity index (χ0) is 10.7. The van der Waals surface area contributed by atoms with Gasteiger partial charge in [-0.15, -0.1) is 0 Å². The summed E-state index contributed by atoms with van der Waals surface area (Å²) in [6.07, 6.45) is 9.00. The molecule has 1 heterocycles. The van der Waals surface area contributed by atoms with Crippen LogP contribution < -0.4 is 5.32 Å². The second-order valence-corrected chi connectivity index (χ2v) is 5.22. The van der Waals surface area contributed by atoms with Crippen LogP contribution in [0.3, 0.4) is 0 Å². The molecule has 2 nitrogen and oxygen atoms in total. The number of nitrogens with zero attached hydrogens (tertiary/aromatic N) is 1. The molecule has 1 saturated carbocycles. The smallest absolute Gasteiger partial charge is 0.0410 e. The third-order valence-electron chi connectivity index (χ3n) is 3.29. The summed E-state index contributed by atoms with van der Waals surface area (Å²) in [4.78, 5) is 4.21. The van der Waals surface area contributed by atoms with E-state index < -0.39 is 0 Å². The molecule has 1 N–H and O–H groups in total. The first-order valence-corrected chi connectivity index (χ1v) is 6.35. The molecule has 82 valence electrons. The Morgan fingerprint density at radius 1 is 1.47 bits per heavy atom. The summed E-state index contributed by atoms with van der Waals surface area (Å²) in [6.45, 7) is 0.